The molecule has 1 saturated carbocycles. The van der Waals surface area contributed by atoms with Crippen LogP contribution in [0.2, 0.25) is 0 Å². The van der Waals surface area contributed by atoms with Crippen LogP contribution >= 0.6 is 0 Å². The third-order valence-electron chi connectivity index (χ3n) is 7.16. The Morgan fingerprint density at radius 1 is 0.925 bits per heavy atom. The number of aliphatic hydroxyl groups is 8. The summed E-state index contributed by atoms with van der Waals surface area (Å²) in [5.41, 5.74) is 22.7. The van der Waals surface area contributed by atoms with Gasteiger partial charge in [0.25, 0.3) is 0 Å². The number of ether oxygens (including phenoxy) is 4. The largest absolute Gasteiger partial charge is 0.394 e. The quantitative estimate of drug-likeness (QED) is 0.112. The summed E-state index contributed by atoms with van der Waals surface area (Å²) in [7, 11) is 0. The van der Waals surface area contributed by atoms with Gasteiger partial charge in [-0.2, -0.15) is 0 Å². The Morgan fingerprint density at radius 2 is 1.52 bits per heavy atom. The van der Waals surface area contributed by atoms with Crippen LogP contribution < -0.4 is 28.3 Å². The van der Waals surface area contributed by atoms with Crippen LogP contribution in [0.15, 0.2) is 0 Å². The maximum Gasteiger partial charge on any atom is 0.249 e. The van der Waals surface area contributed by atoms with Gasteiger partial charge >= 0.3 is 0 Å². The molecule has 6 unspecified atom stereocenters. The highest BCUT2D eigenvalue weighted by molar-refractivity contribution is 5.80. The first-order valence-corrected chi connectivity index (χ1v) is 12.5. The van der Waals surface area contributed by atoms with E-state index in [4.69, 9.17) is 48.7 Å². The first-order chi connectivity index (χ1) is 20.6. The maximum absolute atomic E-state index is 13.0. The molecular weight excluding hydrogens is 542 g/mol. The Bertz CT molecular complexity index is 1020. The summed E-state index contributed by atoms with van der Waals surface area (Å²) in [6, 6.07) is -4.34. The Hall–Kier alpha value is -1.17. The topological polar surface area (TPSA) is 332 Å². The van der Waals surface area contributed by atoms with Crippen molar-refractivity contribution in [1.82, 2.24) is 5.32 Å². The van der Waals surface area contributed by atoms with Crippen molar-refractivity contribution in [2.45, 2.75) is 111 Å². The molecule has 18 heteroatoms. The van der Waals surface area contributed by atoms with E-state index in [0.717, 1.165) is 0 Å². The summed E-state index contributed by atoms with van der Waals surface area (Å²) in [4.78, 5) is 13.0. The molecule has 0 bridgehead atoms. The molecule has 0 radical (unpaired) electrons. The van der Waals surface area contributed by atoms with E-state index < -0.39 is 130 Å². The number of carbonyl (C=O) groups is 1. The van der Waals surface area contributed by atoms with Crippen molar-refractivity contribution in [3.63, 3.8) is 0 Å². The molecule has 3 rings (SSSR count). The molecule has 17 N–H and O–H groups in total. The fraction of sp³-hybridized carbons (Fsp3) is 0.955. The number of aliphatic hydroxyl groups excluding tert-OH is 7. The number of nitrogens with one attached hydrogen (secondary N) is 1. The Kier molecular flexibility index (Phi) is 9.48. The molecule has 1 aliphatic carbocycles. The predicted molar refractivity (Wildman–Crippen MR) is 131 cm³/mol. The van der Waals surface area contributed by atoms with Crippen molar-refractivity contribution in [2.75, 3.05) is 19.6 Å². The number of rotatable bonds is 10. The summed E-state index contributed by atoms with van der Waals surface area (Å²) in [6.45, 7) is -4.50. The van der Waals surface area contributed by atoms with E-state index in [0.29, 0.717) is 0 Å². The standard InChI is InChI=1S/C22H43N5O13/c23-2-1-8(29)20(36)27-7-3-6(25)18(39-22-16(34)15(33)13(31)9(4-24)37-22)17(35)19(7)40-21-14(32)11(26)12(30)10(5-28)38-21/h6-19,21-22,28-35H,1-5,23-26H2,(H,27,36)/t6-,7-,8+,9?,10?,11+,12-,13-,14?,15+,16?,17?,18-,19?,21-,22-/m1/s1/i1D2,2D2,8D. The molecule has 0 aromatic carbocycles. The second-order valence-electron chi connectivity index (χ2n) is 9.82. The monoisotopic (exact) mass is 590 g/mol. The summed E-state index contributed by atoms with van der Waals surface area (Å²) < 4.78 is 60.6. The van der Waals surface area contributed by atoms with E-state index in [1.165, 1.54) is 0 Å². The van der Waals surface area contributed by atoms with Crippen LogP contribution in [0.5, 0.6) is 0 Å². The normalized spacial score (nSPS) is 50.4. The number of hydrogen-bond acceptors (Lipinski definition) is 17. The van der Waals surface area contributed by atoms with E-state index in [9.17, 15) is 45.6 Å². The van der Waals surface area contributed by atoms with Crippen molar-refractivity contribution in [1.29, 1.82) is 0 Å². The van der Waals surface area contributed by atoms with E-state index in [-0.39, 0.29) is 6.54 Å². The average molecular weight is 591 g/mol. The maximum atomic E-state index is 13.0. The zero-order valence-corrected chi connectivity index (χ0v) is 21.2. The van der Waals surface area contributed by atoms with Gasteiger partial charge in [0.1, 0.15) is 67.1 Å². The van der Waals surface area contributed by atoms with Crippen LogP contribution in [0.3, 0.4) is 0 Å². The van der Waals surface area contributed by atoms with Crippen LogP contribution in [0, 0.1) is 0 Å². The minimum Gasteiger partial charge on any atom is -0.394 e. The van der Waals surface area contributed by atoms with E-state index in [2.05, 4.69) is 5.32 Å². The number of nitrogens with two attached hydrogens (primary N) is 4. The molecule has 0 aromatic heterocycles. The lowest BCUT2D eigenvalue weighted by molar-refractivity contribution is -0.332. The van der Waals surface area contributed by atoms with Gasteiger partial charge in [-0.15, -0.1) is 0 Å². The second kappa shape index (κ2) is 14.3. The fourth-order valence-electron chi connectivity index (χ4n) is 4.86. The van der Waals surface area contributed by atoms with Gasteiger partial charge in [-0.25, -0.2) is 0 Å². The van der Waals surface area contributed by atoms with Crippen molar-refractivity contribution >= 4 is 5.91 Å². The fourth-order valence-corrected chi connectivity index (χ4v) is 4.86. The highest BCUT2D eigenvalue weighted by Gasteiger charge is 2.52. The van der Waals surface area contributed by atoms with Gasteiger partial charge in [-0.3, -0.25) is 4.79 Å². The molecule has 0 spiro atoms. The molecule has 2 aliphatic heterocycles. The van der Waals surface area contributed by atoms with Gasteiger partial charge < -0.3 is 88.1 Å². The molecule has 18 nitrogen and oxygen atoms in total. The predicted octanol–water partition coefficient (Wildman–Crippen LogP) is -8.42. The number of amides is 1. The van der Waals surface area contributed by atoms with Gasteiger partial charge in [-0.05, 0) is 19.3 Å². The SMILES string of the molecule is [2H]C([2H])(N)C([2H])([2H])[C@]([2H])(O)C(=O)N[C@@H]1C[C@@H](N)[C@@H](O[C@H]2OC(CN)[C@@H](O)[C@H](O)C2O)C(O)C1O[C@H]1OC(CO)[C@@H](O)[C@H](N)C1O. The first-order valence-electron chi connectivity index (χ1n) is 15.0. The second-order valence-corrected chi connectivity index (χ2v) is 9.82. The van der Waals surface area contributed by atoms with Crippen molar-refractivity contribution < 1.29 is 71.4 Å². The van der Waals surface area contributed by atoms with E-state index in [1.54, 1.807) is 0 Å². The van der Waals surface area contributed by atoms with Crippen LogP contribution in [0.4, 0.5) is 0 Å². The van der Waals surface area contributed by atoms with Gasteiger partial charge in [-0.1, -0.05) is 0 Å². The molecule has 3 fully saturated rings. The molecule has 16 atom stereocenters. The van der Waals surface area contributed by atoms with Crippen LogP contribution in [0.1, 0.15) is 19.6 Å². The highest BCUT2D eigenvalue weighted by Crippen LogP contribution is 2.32. The number of hydrogen-bond donors (Lipinski definition) is 13. The highest BCUT2D eigenvalue weighted by atomic mass is 16.7. The summed E-state index contributed by atoms with van der Waals surface area (Å²) >= 11 is 0. The molecule has 1 amide bonds. The lowest BCUT2D eigenvalue weighted by Gasteiger charge is -2.49. The third kappa shape index (κ3) is 7.06. The van der Waals surface area contributed by atoms with Crippen LogP contribution in [-0.4, -0.2) is 164 Å². The van der Waals surface area contributed by atoms with E-state index >= 15 is 0 Å². The molecule has 234 valence electrons. The smallest absolute Gasteiger partial charge is 0.249 e. The Labute approximate surface area is 236 Å². The summed E-state index contributed by atoms with van der Waals surface area (Å²) in [5.74, 6) is -1.83. The van der Waals surface area contributed by atoms with Gasteiger partial charge in [0.05, 0.1) is 20.1 Å². The average Bonchev–Trinajstić information content (AvgIpc) is 2.96. The molecule has 2 heterocycles. The molecule has 40 heavy (non-hydrogen) atoms. The van der Waals surface area contributed by atoms with Gasteiger partial charge in [0, 0.05) is 18.1 Å². The molecule has 3 aliphatic rings. The summed E-state index contributed by atoms with van der Waals surface area (Å²) in [6.07, 6.45) is -28.2. The van der Waals surface area contributed by atoms with Crippen LogP contribution in [-0.2, 0) is 23.7 Å². The lowest BCUT2D eigenvalue weighted by atomic mass is 9.83. The third-order valence-corrected chi connectivity index (χ3v) is 7.16. The Balaban J connectivity index is 1.94. The molecule has 0 aromatic rings. The zero-order valence-electron chi connectivity index (χ0n) is 26.2. The van der Waals surface area contributed by atoms with E-state index in [1.807, 2.05) is 0 Å². The number of carbonyl (C=O) groups excluding carboxylic acids is 1. The molecular formula is C22H43N5O13. The van der Waals surface area contributed by atoms with Crippen LogP contribution in [0.25, 0.3) is 0 Å². The lowest BCUT2D eigenvalue weighted by Crippen LogP contribution is -2.69. The van der Waals surface area contributed by atoms with Crippen molar-refractivity contribution in [2.24, 2.45) is 22.9 Å². The minimum atomic E-state index is -3.86. The first kappa shape index (κ1) is 26.5. The summed E-state index contributed by atoms with van der Waals surface area (Å²) in [5, 5.41) is 85.0. The van der Waals surface area contributed by atoms with Crippen molar-refractivity contribution in [3.05, 3.63) is 0 Å². The molecule has 2 saturated heterocycles. The van der Waals surface area contributed by atoms with Gasteiger partial charge in [0.15, 0.2) is 12.6 Å². The zero-order chi connectivity index (χ0) is 34.4. The Morgan fingerprint density at radius 3 is 2.12 bits per heavy atom. The minimum absolute atomic E-state index is 0.316. The van der Waals surface area contributed by atoms with Crippen molar-refractivity contribution in [3.8, 4) is 0 Å². The van der Waals surface area contributed by atoms with Gasteiger partial charge in [0.2, 0.25) is 5.91 Å².